The Bertz CT molecular complexity index is 646. The number of hydrogen-bond acceptors (Lipinski definition) is 5. The predicted octanol–water partition coefficient (Wildman–Crippen LogP) is 2.46. The van der Waals surface area contributed by atoms with E-state index < -0.39 is 27.1 Å². The number of rotatable bonds is 3. The summed E-state index contributed by atoms with van der Waals surface area (Å²) < 4.78 is 69.3. The molecule has 2 aliphatic rings. The molecule has 1 aromatic rings. The molecular weight excluding hydrogens is 353 g/mol. The SMILES string of the molecule is O=S(=O)(C1CCOC1)N1CCC(c2nc(C(F)(F)F)cs2)CC1. The van der Waals surface area contributed by atoms with Gasteiger partial charge in [0, 0.05) is 31.0 Å². The van der Waals surface area contributed by atoms with Crippen molar-refractivity contribution in [2.24, 2.45) is 0 Å². The van der Waals surface area contributed by atoms with Gasteiger partial charge in [-0.2, -0.15) is 13.2 Å². The van der Waals surface area contributed by atoms with Gasteiger partial charge in [-0.15, -0.1) is 11.3 Å². The molecule has 0 aliphatic carbocycles. The van der Waals surface area contributed by atoms with Crippen LogP contribution in [0.5, 0.6) is 0 Å². The van der Waals surface area contributed by atoms with Crippen LogP contribution >= 0.6 is 11.3 Å². The van der Waals surface area contributed by atoms with Crippen LogP contribution in [0.2, 0.25) is 0 Å². The van der Waals surface area contributed by atoms with Crippen molar-refractivity contribution in [3.8, 4) is 0 Å². The number of hydrogen-bond donors (Lipinski definition) is 0. The molecule has 1 unspecified atom stereocenters. The molecule has 2 fully saturated rings. The lowest BCUT2D eigenvalue weighted by molar-refractivity contribution is -0.140. The molecule has 0 aromatic carbocycles. The van der Waals surface area contributed by atoms with Gasteiger partial charge >= 0.3 is 6.18 Å². The third-order valence-electron chi connectivity index (χ3n) is 4.28. The van der Waals surface area contributed by atoms with Crippen molar-refractivity contribution in [2.75, 3.05) is 26.3 Å². The highest BCUT2D eigenvalue weighted by Gasteiger charge is 2.38. The molecular formula is C13H17F3N2O3S2. The summed E-state index contributed by atoms with van der Waals surface area (Å²) in [4.78, 5) is 3.68. The fourth-order valence-corrected chi connectivity index (χ4v) is 5.72. The van der Waals surface area contributed by atoms with E-state index in [0.29, 0.717) is 44.0 Å². The maximum absolute atomic E-state index is 12.6. The number of alkyl halides is 3. The molecule has 130 valence electrons. The first-order chi connectivity index (χ1) is 10.8. The van der Waals surface area contributed by atoms with E-state index in [4.69, 9.17) is 4.74 Å². The molecule has 0 radical (unpaired) electrons. The van der Waals surface area contributed by atoms with Crippen molar-refractivity contribution in [2.45, 2.75) is 36.6 Å². The van der Waals surface area contributed by atoms with Crippen LogP contribution in [0.1, 0.15) is 35.9 Å². The highest BCUT2D eigenvalue weighted by Crippen LogP contribution is 2.36. The van der Waals surface area contributed by atoms with Crippen molar-refractivity contribution >= 4 is 21.4 Å². The van der Waals surface area contributed by atoms with E-state index in [1.54, 1.807) is 0 Å². The molecule has 3 rings (SSSR count). The number of halogens is 3. The highest BCUT2D eigenvalue weighted by atomic mass is 32.2. The topological polar surface area (TPSA) is 59.5 Å². The molecule has 0 amide bonds. The fourth-order valence-electron chi connectivity index (χ4n) is 2.92. The molecule has 3 heterocycles. The van der Waals surface area contributed by atoms with Crippen LogP contribution in [0.15, 0.2) is 5.38 Å². The zero-order valence-corrected chi connectivity index (χ0v) is 13.9. The van der Waals surface area contributed by atoms with E-state index in [-0.39, 0.29) is 12.5 Å². The second-order valence-corrected chi connectivity index (χ2v) is 8.88. The van der Waals surface area contributed by atoms with Crippen LogP contribution in [0.3, 0.4) is 0 Å². The van der Waals surface area contributed by atoms with Crippen molar-refractivity contribution < 1.29 is 26.3 Å². The Hall–Kier alpha value is -0.710. The summed E-state index contributed by atoms with van der Waals surface area (Å²) in [6, 6.07) is 0. The number of thiazole rings is 1. The smallest absolute Gasteiger partial charge is 0.380 e. The van der Waals surface area contributed by atoms with Crippen LogP contribution in [-0.4, -0.2) is 49.3 Å². The molecule has 1 aromatic heterocycles. The van der Waals surface area contributed by atoms with Gasteiger partial charge in [0.25, 0.3) is 0 Å². The first kappa shape index (κ1) is 17.1. The molecule has 2 aliphatic heterocycles. The Morgan fingerprint density at radius 2 is 1.96 bits per heavy atom. The van der Waals surface area contributed by atoms with Crippen LogP contribution in [0, 0.1) is 0 Å². The van der Waals surface area contributed by atoms with E-state index in [9.17, 15) is 21.6 Å². The van der Waals surface area contributed by atoms with Gasteiger partial charge in [-0.1, -0.05) is 0 Å². The number of sulfonamides is 1. The Morgan fingerprint density at radius 1 is 1.26 bits per heavy atom. The van der Waals surface area contributed by atoms with Gasteiger partial charge in [0.05, 0.1) is 11.6 Å². The van der Waals surface area contributed by atoms with Gasteiger partial charge in [0.15, 0.2) is 5.69 Å². The van der Waals surface area contributed by atoms with Crippen LogP contribution in [-0.2, 0) is 20.9 Å². The first-order valence-corrected chi connectivity index (χ1v) is 9.76. The van der Waals surface area contributed by atoms with Crippen LogP contribution < -0.4 is 0 Å². The predicted molar refractivity (Wildman–Crippen MR) is 78.8 cm³/mol. The summed E-state index contributed by atoms with van der Waals surface area (Å²) >= 11 is 0.998. The van der Waals surface area contributed by atoms with Gasteiger partial charge in [-0.05, 0) is 19.3 Å². The third-order valence-corrected chi connectivity index (χ3v) is 7.59. The summed E-state index contributed by atoms with van der Waals surface area (Å²) in [5, 5.41) is 0.975. The van der Waals surface area contributed by atoms with Crippen molar-refractivity contribution in [3.63, 3.8) is 0 Å². The first-order valence-electron chi connectivity index (χ1n) is 7.38. The van der Waals surface area contributed by atoms with Gasteiger partial charge in [0.2, 0.25) is 10.0 Å². The summed E-state index contributed by atoms with van der Waals surface area (Å²) in [6.07, 6.45) is -2.93. The van der Waals surface area contributed by atoms with Crippen molar-refractivity contribution in [3.05, 3.63) is 16.1 Å². The zero-order chi connectivity index (χ0) is 16.7. The highest BCUT2D eigenvalue weighted by molar-refractivity contribution is 7.89. The molecule has 0 spiro atoms. The van der Waals surface area contributed by atoms with E-state index in [1.807, 2.05) is 0 Å². The molecule has 0 bridgehead atoms. The van der Waals surface area contributed by atoms with Gasteiger partial charge in [-0.3, -0.25) is 0 Å². The maximum atomic E-state index is 12.6. The van der Waals surface area contributed by atoms with Gasteiger partial charge in [0.1, 0.15) is 5.25 Å². The van der Waals surface area contributed by atoms with E-state index >= 15 is 0 Å². The number of aromatic nitrogens is 1. The quantitative estimate of drug-likeness (QED) is 0.820. The molecule has 2 saturated heterocycles. The molecule has 0 saturated carbocycles. The fraction of sp³-hybridized carbons (Fsp3) is 0.769. The van der Waals surface area contributed by atoms with Gasteiger partial charge < -0.3 is 4.74 Å². The second-order valence-electron chi connectivity index (χ2n) is 5.77. The van der Waals surface area contributed by atoms with Gasteiger partial charge in [-0.25, -0.2) is 17.7 Å². The van der Waals surface area contributed by atoms with Crippen LogP contribution in [0.25, 0.3) is 0 Å². The lowest BCUT2D eigenvalue weighted by Gasteiger charge is -2.31. The van der Waals surface area contributed by atoms with E-state index in [1.165, 1.54) is 4.31 Å². The number of ether oxygens (including phenoxy) is 1. The zero-order valence-electron chi connectivity index (χ0n) is 12.3. The standard InChI is InChI=1S/C13H17F3N2O3S2/c14-13(15,16)11-8-22-12(17-11)9-1-4-18(5-2-9)23(19,20)10-3-6-21-7-10/h8-10H,1-7H2. The van der Waals surface area contributed by atoms with Crippen molar-refractivity contribution in [1.29, 1.82) is 0 Å². The van der Waals surface area contributed by atoms with Crippen LogP contribution in [0.4, 0.5) is 13.2 Å². The molecule has 10 heteroatoms. The Kier molecular flexibility index (Phi) is 4.69. The minimum atomic E-state index is -4.43. The second kappa shape index (κ2) is 6.30. The molecule has 23 heavy (non-hydrogen) atoms. The molecule has 5 nitrogen and oxygen atoms in total. The van der Waals surface area contributed by atoms with E-state index in [2.05, 4.69) is 4.98 Å². The number of nitrogens with zero attached hydrogens (tertiary/aromatic N) is 2. The Balaban J connectivity index is 1.63. The third kappa shape index (κ3) is 3.54. The minimum absolute atomic E-state index is 0.109. The normalized spacial score (nSPS) is 25.1. The number of piperidine rings is 1. The minimum Gasteiger partial charge on any atom is -0.380 e. The maximum Gasteiger partial charge on any atom is 0.434 e. The molecule has 0 N–H and O–H groups in total. The lowest BCUT2D eigenvalue weighted by atomic mass is 9.99. The summed E-state index contributed by atoms with van der Waals surface area (Å²) in [5.74, 6) is -0.109. The largest absolute Gasteiger partial charge is 0.434 e. The van der Waals surface area contributed by atoms with Crippen molar-refractivity contribution in [1.82, 2.24) is 9.29 Å². The Labute approximate surface area is 136 Å². The summed E-state index contributed by atoms with van der Waals surface area (Å²) in [6.45, 7) is 1.33. The lowest BCUT2D eigenvalue weighted by Crippen LogP contribution is -2.43. The molecule has 1 atom stereocenters. The summed E-state index contributed by atoms with van der Waals surface area (Å²) in [5.41, 5.74) is -0.865. The Morgan fingerprint density at radius 3 is 2.48 bits per heavy atom. The monoisotopic (exact) mass is 370 g/mol. The van der Waals surface area contributed by atoms with E-state index in [0.717, 1.165) is 16.7 Å². The average molecular weight is 370 g/mol. The average Bonchev–Trinajstić information content (AvgIpc) is 3.18. The summed E-state index contributed by atoms with van der Waals surface area (Å²) in [7, 11) is -3.37.